The van der Waals surface area contributed by atoms with Crippen LogP contribution in [0.3, 0.4) is 0 Å². The molecule has 0 saturated heterocycles. The van der Waals surface area contributed by atoms with Gasteiger partial charge in [0.2, 0.25) is 0 Å². The number of benzene rings is 1. The van der Waals surface area contributed by atoms with Gasteiger partial charge in [0.25, 0.3) is 0 Å². The van der Waals surface area contributed by atoms with Crippen LogP contribution in [0.15, 0.2) is 30.5 Å². The van der Waals surface area contributed by atoms with E-state index in [0.717, 1.165) is 36.0 Å². The molecule has 18 heavy (non-hydrogen) atoms. The molecule has 2 aromatic rings. The van der Waals surface area contributed by atoms with Crippen LogP contribution in [0.5, 0.6) is 0 Å². The van der Waals surface area contributed by atoms with Crippen LogP contribution in [-0.2, 0) is 0 Å². The van der Waals surface area contributed by atoms with Crippen LogP contribution in [0, 0.1) is 5.41 Å². The first-order chi connectivity index (χ1) is 8.74. The number of aliphatic hydroxyl groups is 1. The third kappa shape index (κ3) is 1.88. The summed E-state index contributed by atoms with van der Waals surface area (Å²) >= 11 is 0. The summed E-state index contributed by atoms with van der Waals surface area (Å²) in [5.74, 6) is 0. The highest BCUT2D eigenvalue weighted by molar-refractivity contribution is 5.97. The van der Waals surface area contributed by atoms with E-state index in [1.54, 1.807) is 6.20 Å². The molecule has 1 aromatic carbocycles. The average molecular weight is 243 g/mol. The van der Waals surface area contributed by atoms with E-state index in [1.165, 1.54) is 0 Å². The number of hydrogen-bond acceptors (Lipinski definition) is 4. The van der Waals surface area contributed by atoms with Gasteiger partial charge in [0.05, 0.1) is 17.8 Å². The molecule has 4 nitrogen and oxygen atoms in total. The monoisotopic (exact) mass is 243 g/mol. The lowest BCUT2D eigenvalue weighted by atomic mass is 10.1. The Labute approximate surface area is 106 Å². The zero-order chi connectivity index (χ0) is 12.6. The Balaban J connectivity index is 1.90. The molecule has 4 heteroatoms. The Kier molecular flexibility index (Phi) is 2.59. The summed E-state index contributed by atoms with van der Waals surface area (Å²) in [6.45, 7) is 1.06. The first kappa shape index (κ1) is 11.3. The van der Waals surface area contributed by atoms with E-state index < -0.39 is 0 Å². The Bertz CT molecular complexity index is 578. The van der Waals surface area contributed by atoms with Crippen LogP contribution in [-0.4, -0.2) is 23.2 Å². The second kappa shape index (κ2) is 4.14. The maximum absolute atomic E-state index is 9.32. The Morgan fingerprint density at radius 1 is 1.33 bits per heavy atom. The molecule has 0 bridgehead atoms. The van der Waals surface area contributed by atoms with Gasteiger partial charge in [-0.1, -0.05) is 12.1 Å². The summed E-state index contributed by atoms with van der Waals surface area (Å²) in [6, 6.07) is 7.76. The third-order valence-electron chi connectivity index (χ3n) is 3.75. The van der Waals surface area contributed by atoms with Crippen LogP contribution in [0.1, 0.15) is 12.8 Å². The fourth-order valence-corrected chi connectivity index (χ4v) is 2.20. The van der Waals surface area contributed by atoms with Crippen molar-refractivity contribution < 1.29 is 5.11 Å². The number of nitrogens with one attached hydrogen (secondary N) is 1. The predicted octanol–water partition coefficient (Wildman–Crippen LogP) is 2.00. The maximum atomic E-state index is 9.32. The van der Waals surface area contributed by atoms with Crippen LogP contribution >= 0.6 is 0 Å². The zero-order valence-corrected chi connectivity index (χ0v) is 10.2. The van der Waals surface area contributed by atoms with Crippen molar-refractivity contribution in [3.63, 3.8) is 0 Å². The maximum Gasteiger partial charge on any atom is 0.0951 e. The van der Waals surface area contributed by atoms with Crippen LogP contribution in [0.2, 0.25) is 0 Å². The number of fused-ring (bicyclic) bond motifs is 1. The number of aliphatic hydroxyl groups excluding tert-OH is 1. The molecule has 1 fully saturated rings. The van der Waals surface area contributed by atoms with E-state index in [9.17, 15) is 5.11 Å². The number of aromatic nitrogens is 1. The first-order valence-corrected chi connectivity index (χ1v) is 6.22. The Morgan fingerprint density at radius 2 is 2.17 bits per heavy atom. The number of pyridine rings is 1. The molecule has 0 radical (unpaired) electrons. The number of para-hydroxylation sites is 1. The largest absolute Gasteiger partial charge is 0.397 e. The standard InChI is InChI=1S/C14H17N3O/c15-11-3-1-2-10-12(4-7-16-13(10)11)17-8-14(9-18)5-6-14/h1-4,7,18H,5-6,8-9,15H2,(H,16,17). The number of nitrogens with two attached hydrogens (primary N) is 1. The quantitative estimate of drug-likeness (QED) is 0.718. The first-order valence-electron chi connectivity index (χ1n) is 6.22. The molecule has 4 N–H and O–H groups in total. The van der Waals surface area contributed by atoms with Crippen molar-refractivity contribution in [2.75, 3.05) is 24.2 Å². The third-order valence-corrected chi connectivity index (χ3v) is 3.75. The summed E-state index contributed by atoms with van der Waals surface area (Å²) in [5, 5.41) is 13.8. The van der Waals surface area contributed by atoms with Crippen molar-refractivity contribution in [1.82, 2.24) is 4.98 Å². The Hall–Kier alpha value is -1.81. The van der Waals surface area contributed by atoms with Gasteiger partial charge in [-0.3, -0.25) is 4.98 Å². The number of anilines is 2. The molecule has 94 valence electrons. The summed E-state index contributed by atoms with van der Waals surface area (Å²) < 4.78 is 0. The summed E-state index contributed by atoms with van der Waals surface area (Å²) in [7, 11) is 0. The SMILES string of the molecule is Nc1cccc2c(NCC3(CO)CC3)ccnc12. The van der Waals surface area contributed by atoms with E-state index in [1.807, 2.05) is 24.3 Å². The molecule has 1 aromatic heterocycles. The molecule has 1 heterocycles. The topological polar surface area (TPSA) is 71.2 Å². The highest BCUT2D eigenvalue weighted by Crippen LogP contribution is 2.45. The number of rotatable bonds is 4. The fourth-order valence-electron chi connectivity index (χ4n) is 2.20. The van der Waals surface area contributed by atoms with Crippen molar-refractivity contribution >= 4 is 22.3 Å². The second-order valence-electron chi connectivity index (χ2n) is 5.11. The molecular weight excluding hydrogens is 226 g/mol. The van der Waals surface area contributed by atoms with Crippen molar-refractivity contribution in [2.24, 2.45) is 5.41 Å². The number of nitrogens with zero attached hydrogens (tertiary/aromatic N) is 1. The molecular formula is C14H17N3O. The van der Waals surface area contributed by atoms with Gasteiger partial charge in [-0.05, 0) is 25.0 Å². The average Bonchev–Trinajstić information content (AvgIpc) is 3.18. The van der Waals surface area contributed by atoms with Crippen molar-refractivity contribution in [3.8, 4) is 0 Å². The predicted molar refractivity (Wildman–Crippen MR) is 73.4 cm³/mol. The van der Waals surface area contributed by atoms with Crippen LogP contribution in [0.4, 0.5) is 11.4 Å². The van der Waals surface area contributed by atoms with E-state index >= 15 is 0 Å². The molecule has 0 aliphatic heterocycles. The van der Waals surface area contributed by atoms with Gasteiger partial charge in [-0.2, -0.15) is 0 Å². The van der Waals surface area contributed by atoms with E-state index in [-0.39, 0.29) is 12.0 Å². The number of nitrogen functional groups attached to an aromatic ring is 1. The van der Waals surface area contributed by atoms with Crippen molar-refractivity contribution in [1.29, 1.82) is 0 Å². The minimum atomic E-state index is 0.0932. The zero-order valence-electron chi connectivity index (χ0n) is 10.2. The second-order valence-corrected chi connectivity index (χ2v) is 5.11. The van der Waals surface area contributed by atoms with Crippen LogP contribution < -0.4 is 11.1 Å². The highest BCUT2D eigenvalue weighted by atomic mass is 16.3. The van der Waals surface area contributed by atoms with Gasteiger partial charge in [-0.15, -0.1) is 0 Å². The lowest BCUT2D eigenvalue weighted by Gasteiger charge is -2.15. The molecule has 0 amide bonds. The molecule has 1 aliphatic carbocycles. The van der Waals surface area contributed by atoms with Gasteiger partial charge in [0.1, 0.15) is 0 Å². The molecule has 0 atom stereocenters. The molecule has 3 rings (SSSR count). The van der Waals surface area contributed by atoms with Gasteiger partial charge in [0.15, 0.2) is 0 Å². The lowest BCUT2D eigenvalue weighted by molar-refractivity contribution is 0.220. The van der Waals surface area contributed by atoms with Crippen molar-refractivity contribution in [2.45, 2.75) is 12.8 Å². The molecule has 0 unspecified atom stereocenters. The summed E-state index contributed by atoms with van der Waals surface area (Å²) in [6.07, 6.45) is 3.96. The number of hydrogen-bond donors (Lipinski definition) is 3. The Morgan fingerprint density at radius 3 is 2.89 bits per heavy atom. The summed E-state index contributed by atoms with van der Waals surface area (Å²) in [5.41, 5.74) is 8.57. The van der Waals surface area contributed by atoms with Gasteiger partial charge < -0.3 is 16.2 Å². The smallest absolute Gasteiger partial charge is 0.0951 e. The molecule has 1 saturated carbocycles. The van der Waals surface area contributed by atoms with E-state index in [2.05, 4.69) is 10.3 Å². The lowest BCUT2D eigenvalue weighted by Crippen LogP contribution is -2.19. The minimum Gasteiger partial charge on any atom is -0.397 e. The normalized spacial score (nSPS) is 16.7. The molecule has 1 aliphatic rings. The highest BCUT2D eigenvalue weighted by Gasteiger charge is 2.41. The van der Waals surface area contributed by atoms with Gasteiger partial charge in [-0.25, -0.2) is 0 Å². The van der Waals surface area contributed by atoms with Gasteiger partial charge >= 0.3 is 0 Å². The summed E-state index contributed by atoms with van der Waals surface area (Å²) in [4.78, 5) is 4.31. The van der Waals surface area contributed by atoms with Crippen LogP contribution in [0.25, 0.3) is 10.9 Å². The minimum absolute atomic E-state index is 0.0932. The van der Waals surface area contributed by atoms with Crippen molar-refractivity contribution in [3.05, 3.63) is 30.5 Å². The molecule has 0 spiro atoms. The van der Waals surface area contributed by atoms with E-state index in [4.69, 9.17) is 5.73 Å². The van der Waals surface area contributed by atoms with E-state index in [0.29, 0.717) is 5.69 Å². The fraction of sp³-hybridized carbons (Fsp3) is 0.357. The van der Waals surface area contributed by atoms with Gasteiger partial charge in [0, 0.05) is 29.2 Å².